The van der Waals surface area contributed by atoms with Crippen molar-refractivity contribution in [1.29, 1.82) is 0 Å². The molecule has 0 amide bonds. The zero-order valence-corrected chi connectivity index (χ0v) is 16.7. The summed E-state index contributed by atoms with van der Waals surface area (Å²) >= 11 is 0. The topological polar surface area (TPSA) is 43.4 Å². The van der Waals surface area contributed by atoms with Crippen LogP contribution in [0, 0.1) is 6.92 Å². The first-order chi connectivity index (χ1) is 13.5. The maximum atomic E-state index is 12.5. The fraction of sp³-hybridized carbons (Fsp3) is 0.167. The summed E-state index contributed by atoms with van der Waals surface area (Å²) in [6, 6.07) is 24.8. The zero-order chi connectivity index (χ0) is 20.0. The first kappa shape index (κ1) is 20.1. The van der Waals surface area contributed by atoms with Gasteiger partial charge in [0, 0.05) is 5.92 Å². The highest BCUT2D eigenvalue weighted by Crippen LogP contribution is 2.31. The van der Waals surface area contributed by atoms with Crippen LogP contribution in [-0.2, 0) is 14.3 Å². The molecule has 0 saturated carbocycles. The Bertz CT molecular complexity index is 1020. The van der Waals surface area contributed by atoms with Gasteiger partial charge in [0.05, 0.1) is 11.5 Å². The Morgan fingerprint density at radius 1 is 0.929 bits per heavy atom. The molecule has 0 fully saturated rings. The van der Waals surface area contributed by atoms with Gasteiger partial charge >= 0.3 is 0 Å². The quantitative estimate of drug-likeness (QED) is 0.471. The van der Waals surface area contributed by atoms with Crippen LogP contribution in [0.3, 0.4) is 0 Å². The third-order valence-electron chi connectivity index (χ3n) is 4.75. The van der Waals surface area contributed by atoms with Gasteiger partial charge in [-0.2, -0.15) is 8.42 Å². The second-order valence-corrected chi connectivity index (χ2v) is 8.29. The molecule has 0 bridgehead atoms. The van der Waals surface area contributed by atoms with E-state index in [1.165, 1.54) is 0 Å². The molecule has 0 spiro atoms. The molecule has 0 aliphatic heterocycles. The predicted octanol–water partition coefficient (Wildman–Crippen LogP) is 5.57. The molecule has 0 N–H and O–H groups in total. The Labute approximate surface area is 167 Å². The molecule has 3 rings (SSSR count). The minimum Gasteiger partial charge on any atom is -0.266 e. The van der Waals surface area contributed by atoms with Gasteiger partial charge in [0.25, 0.3) is 10.1 Å². The predicted molar refractivity (Wildman–Crippen MR) is 114 cm³/mol. The monoisotopic (exact) mass is 392 g/mol. The van der Waals surface area contributed by atoms with E-state index in [9.17, 15) is 8.42 Å². The average molecular weight is 393 g/mol. The fourth-order valence-corrected chi connectivity index (χ4v) is 4.17. The molecule has 28 heavy (non-hydrogen) atoms. The molecule has 4 heteroatoms. The molecule has 0 aliphatic rings. The summed E-state index contributed by atoms with van der Waals surface area (Å²) in [5.41, 5.74) is 4.27. The van der Waals surface area contributed by atoms with Gasteiger partial charge in [0.2, 0.25) is 0 Å². The van der Waals surface area contributed by atoms with E-state index < -0.39 is 10.1 Å². The lowest BCUT2D eigenvalue weighted by molar-refractivity contribution is 0.305. The van der Waals surface area contributed by atoms with Crippen molar-refractivity contribution in [2.75, 3.05) is 6.61 Å². The van der Waals surface area contributed by atoms with E-state index in [2.05, 4.69) is 24.8 Å². The smallest absolute Gasteiger partial charge is 0.266 e. The van der Waals surface area contributed by atoms with Crippen LogP contribution in [0.4, 0.5) is 0 Å². The minimum absolute atomic E-state index is 0.0172. The summed E-state index contributed by atoms with van der Waals surface area (Å²) in [5.74, 6) is 0.0172. The van der Waals surface area contributed by atoms with Gasteiger partial charge in [-0.3, -0.25) is 4.18 Å². The molecule has 0 aliphatic carbocycles. The van der Waals surface area contributed by atoms with E-state index >= 15 is 0 Å². The summed E-state index contributed by atoms with van der Waals surface area (Å²) < 4.78 is 30.3. The second-order valence-electron chi connectivity index (χ2n) is 6.67. The summed E-state index contributed by atoms with van der Waals surface area (Å²) in [6.07, 6.45) is 2.37. The van der Waals surface area contributed by atoms with E-state index in [1.807, 2.05) is 49.4 Å². The third kappa shape index (κ3) is 4.77. The third-order valence-corrected chi connectivity index (χ3v) is 6.07. The SMILES string of the molecule is C=Cc1ccccc1C(CCOS(=O)(=O)c1ccc(C)cc1)c1ccccc1. The Balaban J connectivity index is 1.81. The standard InChI is InChI=1S/C24H24O3S/c1-3-20-9-7-8-12-23(20)24(21-10-5-4-6-11-21)17-18-27-28(25,26)22-15-13-19(2)14-16-22/h3-16,24H,1,17-18H2,2H3. The first-order valence-electron chi connectivity index (χ1n) is 9.23. The molecule has 144 valence electrons. The largest absolute Gasteiger partial charge is 0.296 e. The first-order valence-corrected chi connectivity index (χ1v) is 10.6. The molecule has 3 aromatic rings. The lowest BCUT2D eigenvalue weighted by atomic mass is 9.86. The van der Waals surface area contributed by atoms with Gasteiger partial charge in [-0.15, -0.1) is 0 Å². The van der Waals surface area contributed by atoms with Crippen LogP contribution >= 0.6 is 0 Å². The van der Waals surface area contributed by atoms with Crippen molar-refractivity contribution < 1.29 is 12.6 Å². The van der Waals surface area contributed by atoms with Crippen molar-refractivity contribution in [1.82, 2.24) is 0 Å². The molecule has 3 aromatic carbocycles. The summed E-state index contributed by atoms with van der Waals surface area (Å²) in [6.45, 7) is 5.92. The van der Waals surface area contributed by atoms with Gasteiger partial charge in [-0.05, 0) is 42.2 Å². The van der Waals surface area contributed by atoms with Gasteiger partial charge in [0.15, 0.2) is 0 Å². The summed E-state index contributed by atoms with van der Waals surface area (Å²) in [5, 5.41) is 0. The van der Waals surface area contributed by atoms with E-state index in [1.54, 1.807) is 24.3 Å². The highest BCUT2D eigenvalue weighted by Gasteiger charge is 2.20. The highest BCUT2D eigenvalue weighted by atomic mass is 32.2. The molecule has 0 saturated heterocycles. The van der Waals surface area contributed by atoms with Crippen molar-refractivity contribution in [2.24, 2.45) is 0 Å². The molecule has 3 nitrogen and oxygen atoms in total. The summed E-state index contributed by atoms with van der Waals surface area (Å²) in [4.78, 5) is 0.181. The van der Waals surface area contributed by atoms with E-state index in [4.69, 9.17) is 4.18 Å². The lowest BCUT2D eigenvalue weighted by Crippen LogP contribution is -2.12. The Kier molecular flexibility index (Phi) is 6.45. The van der Waals surface area contributed by atoms with Crippen LogP contribution in [0.15, 0.2) is 90.3 Å². The average Bonchev–Trinajstić information content (AvgIpc) is 2.72. The van der Waals surface area contributed by atoms with Gasteiger partial charge in [0.1, 0.15) is 0 Å². The van der Waals surface area contributed by atoms with E-state index in [0.29, 0.717) is 6.42 Å². The van der Waals surface area contributed by atoms with Gasteiger partial charge in [-0.1, -0.05) is 84.9 Å². The Hall–Kier alpha value is -2.69. The van der Waals surface area contributed by atoms with Crippen LogP contribution in [0.2, 0.25) is 0 Å². The molecule has 0 aromatic heterocycles. The van der Waals surface area contributed by atoms with Crippen LogP contribution < -0.4 is 0 Å². The molecule has 1 atom stereocenters. The van der Waals surface area contributed by atoms with Crippen molar-refractivity contribution in [3.63, 3.8) is 0 Å². The number of rotatable bonds is 8. The number of aryl methyl sites for hydroxylation is 1. The van der Waals surface area contributed by atoms with Crippen molar-refractivity contribution in [3.05, 3.63) is 108 Å². The lowest BCUT2D eigenvalue weighted by Gasteiger charge is -2.20. The number of hydrogen-bond donors (Lipinski definition) is 0. The maximum Gasteiger partial charge on any atom is 0.296 e. The van der Waals surface area contributed by atoms with E-state index in [-0.39, 0.29) is 17.4 Å². The van der Waals surface area contributed by atoms with Crippen molar-refractivity contribution in [2.45, 2.75) is 24.2 Å². The van der Waals surface area contributed by atoms with Crippen LogP contribution in [-0.4, -0.2) is 15.0 Å². The van der Waals surface area contributed by atoms with Gasteiger partial charge < -0.3 is 0 Å². The van der Waals surface area contributed by atoms with Gasteiger partial charge in [-0.25, -0.2) is 0 Å². The minimum atomic E-state index is -3.77. The molecule has 1 unspecified atom stereocenters. The molecular weight excluding hydrogens is 368 g/mol. The molecular formula is C24H24O3S. The second kappa shape index (κ2) is 9.00. The zero-order valence-electron chi connectivity index (χ0n) is 15.9. The van der Waals surface area contributed by atoms with Crippen molar-refractivity contribution >= 4 is 16.2 Å². The maximum absolute atomic E-state index is 12.5. The van der Waals surface area contributed by atoms with Crippen LogP contribution in [0.1, 0.15) is 34.6 Å². The van der Waals surface area contributed by atoms with Crippen LogP contribution in [0.25, 0.3) is 6.08 Å². The van der Waals surface area contributed by atoms with Crippen LogP contribution in [0.5, 0.6) is 0 Å². The van der Waals surface area contributed by atoms with Crippen molar-refractivity contribution in [3.8, 4) is 0 Å². The summed E-state index contributed by atoms with van der Waals surface area (Å²) in [7, 11) is -3.77. The molecule has 0 radical (unpaired) electrons. The number of hydrogen-bond acceptors (Lipinski definition) is 3. The van der Waals surface area contributed by atoms with E-state index in [0.717, 1.165) is 22.3 Å². The highest BCUT2D eigenvalue weighted by molar-refractivity contribution is 7.86. The Morgan fingerprint density at radius 3 is 2.25 bits per heavy atom. The normalized spacial score (nSPS) is 12.5. The molecule has 0 heterocycles. The fourth-order valence-electron chi connectivity index (χ4n) is 3.25. The Morgan fingerprint density at radius 2 is 1.57 bits per heavy atom. The number of benzene rings is 3.